The van der Waals surface area contributed by atoms with Crippen LogP contribution < -0.4 is 0 Å². The maximum Gasteiger partial charge on any atom is 0.200 e. The molecule has 0 radical (unpaired) electrons. The van der Waals surface area contributed by atoms with E-state index in [1.54, 1.807) is 12.1 Å². The molecular weight excluding hydrogens is 213 g/mol. The molecule has 0 aromatic heterocycles. The quantitative estimate of drug-likeness (QED) is 0.448. The van der Waals surface area contributed by atoms with Crippen molar-refractivity contribution in [3.8, 4) is 0 Å². The van der Waals surface area contributed by atoms with Crippen LogP contribution in [0.4, 0.5) is 4.39 Å². The SMILES string of the molecule is [N-]=[N+]=NCC1(c2ccc(F)cc2)OCCO1. The van der Waals surface area contributed by atoms with Crippen molar-refractivity contribution >= 4 is 0 Å². The van der Waals surface area contributed by atoms with Gasteiger partial charge in [-0.3, -0.25) is 0 Å². The summed E-state index contributed by atoms with van der Waals surface area (Å²) >= 11 is 0. The molecule has 1 fully saturated rings. The van der Waals surface area contributed by atoms with E-state index >= 15 is 0 Å². The predicted octanol–water partition coefficient (Wildman–Crippen LogP) is 2.34. The Labute approximate surface area is 91.4 Å². The van der Waals surface area contributed by atoms with Gasteiger partial charge in [-0.1, -0.05) is 17.2 Å². The Hall–Kier alpha value is -1.62. The van der Waals surface area contributed by atoms with Crippen LogP contribution in [0.25, 0.3) is 10.4 Å². The largest absolute Gasteiger partial charge is 0.343 e. The molecule has 0 saturated carbocycles. The third-order valence-corrected chi connectivity index (χ3v) is 2.38. The average molecular weight is 223 g/mol. The van der Waals surface area contributed by atoms with E-state index in [9.17, 15) is 4.39 Å². The summed E-state index contributed by atoms with van der Waals surface area (Å²) in [6, 6.07) is 5.76. The van der Waals surface area contributed by atoms with Gasteiger partial charge in [0.15, 0.2) is 0 Å². The number of ether oxygens (including phenoxy) is 2. The maximum atomic E-state index is 12.8. The molecule has 1 aliphatic rings. The van der Waals surface area contributed by atoms with E-state index in [0.717, 1.165) is 0 Å². The summed E-state index contributed by atoms with van der Waals surface area (Å²) in [5.41, 5.74) is 8.97. The van der Waals surface area contributed by atoms with E-state index in [4.69, 9.17) is 15.0 Å². The fourth-order valence-electron chi connectivity index (χ4n) is 1.63. The molecule has 1 aromatic rings. The van der Waals surface area contributed by atoms with Crippen molar-refractivity contribution in [3.63, 3.8) is 0 Å². The van der Waals surface area contributed by atoms with Gasteiger partial charge in [-0.15, -0.1) is 0 Å². The Balaban J connectivity index is 2.31. The minimum absolute atomic E-state index is 0.0368. The van der Waals surface area contributed by atoms with Crippen LogP contribution in [0, 0.1) is 5.82 Å². The molecule has 2 rings (SSSR count). The molecule has 0 unspecified atom stereocenters. The topological polar surface area (TPSA) is 67.2 Å². The van der Waals surface area contributed by atoms with Gasteiger partial charge in [-0.05, 0) is 17.7 Å². The van der Waals surface area contributed by atoms with Crippen molar-refractivity contribution in [3.05, 3.63) is 46.1 Å². The zero-order valence-corrected chi connectivity index (χ0v) is 8.47. The Morgan fingerprint density at radius 1 is 1.31 bits per heavy atom. The third kappa shape index (κ3) is 1.99. The van der Waals surface area contributed by atoms with Gasteiger partial charge in [0.1, 0.15) is 5.82 Å². The Morgan fingerprint density at radius 3 is 2.50 bits per heavy atom. The minimum Gasteiger partial charge on any atom is -0.343 e. The van der Waals surface area contributed by atoms with Gasteiger partial charge in [0.2, 0.25) is 5.79 Å². The van der Waals surface area contributed by atoms with Crippen LogP contribution in [0.2, 0.25) is 0 Å². The average Bonchev–Trinajstić information content (AvgIpc) is 2.77. The Kier molecular flexibility index (Phi) is 3.05. The van der Waals surface area contributed by atoms with Crippen LogP contribution in [-0.4, -0.2) is 19.8 Å². The fourth-order valence-corrected chi connectivity index (χ4v) is 1.63. The molecule has 0 N–H and O–H groups in total. The molecule has 0 atom stereocenters. The normalized spacial score (nSPS) is 18.1. The summed E-state index contributed by atoms with van der Waals surface area (Å²) in [6.07, 6.45) is 0. The van der Waals surface area contributed by atoms with E-state index in [1.807, 2.05) is 0 Å². The molecule has 5 nitrogen and oxygen atoms in total. The van der Waals surface area contributed by atoms with E-state index in [0.29, 0.717) is 18.8 Å². The molecule has 0 spiro atoms. The number of hydrogen-bond acceptors (Lipinski definition) is 3. The monoisotopic (exact) mass is 223 g/mol. The first-order chi connectivity index (χ1) is 7.77. The summed E-state index contributed by atoms with van der Waals surface area (Å²) in [6.45, 7) is 0.895. The number of benzene rings is 1. The van der Waals surface area contributed by atoms with Gasteiger partial charge in [0.05, 0.1) is 19.8 Å². The number of hydrogen-bond donors (Lipinski definition) is 0. The molecule has 1 aliphatic heterocycles. The molecule has 1 aromatic carbocycles. The summed E-state index contributed by atoms with van der Waals surface area (Å²) in [5.74, 6) is -1.39. The maximum absolute atomic E-state index is 12.8. The molecule has 0 amide bonds. The van der Waals surface area contributed by atoms with Crippen molar-refractivity contribution in [2.75, 3.05) is 19.8 Å². The van der Waals surface area contributed by atoms with E-state index < -0.39 is 5.79 Å². The second kappa shape index (κ2) is 4.49. The van der Waals surface area contributed by atoms with Crippen molar-refractivity contribution in [1.29, 1.82) is 0 Å². The standard InChI is InChI=1S/C10H10FN3O2/c11-9-3-1-8(2-4-9)10(7-13-14-12)15-5-6-16-10/h1-4H,5-7H2. The van der Waals surface area contributed by atoms with E-state index in [-0.39, 0.29) is 12.4 Å². The van der Waals surface area contributed by atoms with Gasteiger partial charge in [0, 0.05) is 10.5 Å². The second-order valence-corrected chi connectivity index (χ2v) is 3.35. The van der Waals surface area contributed by atoms with Gasteiger partial charge in [-0.2, -0.15) is 0 Å². The fraction of sp³-hybridized carbons (Fsp3) is 0.400. The van der Waals surface area contributed by atoms with E-state index in [1.165, 1.54) is 12.1 Å². The summed E-state index contributed by atoms with van der Waals surface area (Å²) in [5, 5.41) is 3.46. The number of halogens is 1. The summed E-state index contributed by atoms with van der Waals surface area (Å²) in [4.78, 5) is 2.68. The lowest BCUT2D eigenvalue weighted by Gasteiger charge is -2.25. The van der Waals surface area contributed by atoms with E-state index in [2.05, 4.69) is 10.0 Å². The number of rotatable bonds is 3. The molecule has 0 bridgehead atoms. The number of nitrogens with zero attached hydrogens (tertiary/aromatic N) is 3. The summed E-state index contributed by atoms with van der Waals surface area (Å²) < 4.78 is 23.7. The first-order valence-electron chi connectivity index (χ1n) is 4.82. The smallest absolute Gasteiger partial charge is 0.200 e. The second-order valence-electron chi connectivity index (χ2n) is 3.35. The van der Waals surface area contributed by atoms with Crippen LogP contribution in [-0.2, 0) is 15.3 Å². The zero-order chi connectivity index (χ0) is 11.4. The Morgan fingerprint density at radius 2 is 1.94 bits per heavy atom. The van der Waals surface area contributed by atoms with Gasteiger partial charge >= 0.3 is 0 Å². The van der Waals surface area contributed by atoms with Crippen LogP contribution in [0.15, 0.2) is 29.4 Å². The Bertz CT molecular complexity index is 409. The van der Waals surface area contributed by atoms with Crippen molar-refractivity contribution in [1.82, 2.24) is 0 Å². The van der Waals surface area contributed by atoms with Gasteiger partial charge < -0.3 is 9.47 Å². The first-order valence-corrected chi connectivity index (χ1v) is 4.82. The van der Waals surface area contributed by atoms with Crippen LogP contribution in [0.3, 0.4) is 0 Å². The highest BCUT2D eigenvalue weighted by atomic mass is 19.1. The molecule has 6 heteroatoms. The molecular formula is C10H10FN3O2. The first kappa shape index (κ1) is 10.9. The van der Waals surface area contributed by atoms with Crippen molar-refractivity contribution < 1.29 is 13.9 Å². The highest BCUT2D eigenvalue weighted by Gasteiger charge is 2.37. The highest BCUT2D eigenvalue weighted by molar-refractivity contribution is 5.22. The lowest BCUT2D eigenvalue weighted by atomic mass is 10.1. The lowest BCUT2D eigenvalue weighted by Crippen LogP contribution is -2.30. The molecule has 84 valence electrons. The number of azide groups is 1. The van der Waals surface area contributed by atoms with Gasteiger partial charge in [0.25, 0.3) is 0 Å². The lowest BCUT2D eigenvalue weighted by molar-refractivity contribution is -0.156. The van der Waals surface area contributed by atoms with Gasteiger partial charge in [-0.25, -0.2) is 4.39 Å². The van der Waals surface area contributed by atoms with Crippen LogP contribution in [0.5, 0.6) is 0 Å². The van der Waals surface area contributed by atoms with Crippen molar-refractivity contribution in [2.24, 2.45) is 5.11 Å². The minimum atomic E-state index is -1.06. The predicted molar refractivity (Wildman–Crippen MR) is 54.0 cm³/mol. The highest BCUT2D eigenvalue weighted by Crippen LogP contribution is 2.31. The molecule has 1 saturated heterocycles. The zero-order valence-electron chi connectivity index (χ0n) is 8.47. The molecule has 1 heterocycles. The van der Waals surface area contributed by atoms with Crippen molar-refractivity contribution in [2.45, 2.75) is 5.79 Å². The van der Waals surface area contributed by atoms with Crippen LogP contribution in [0.1, 0.15) is 5.56 Å². The molecule has 16 heavy (non-hydrogen) atoms. The molecule has 0 aliphatic carbocycles. The third-order valence-electron chi connectivity index (χ3n) is 2.38. The summed E-state index contributed by atoms with van der Waals surface area (Å²) in [7, 11) is 0. The van der Waals surface area contributed by atoms with Crippen LogP contribution >= 0.6 is 0 Å².